The molecule has 2 aromatic rings. The van der Waals surface area contributed by atoms with Gasteiger partial charge in [-0.25, -0.2) is 4.98 Å². The molecule has 17 heavy (non-hydrogen) atoms. The molecule has 1 N–H and O–H groups in total. The highest BCUT2D eigenvalue weighted by atomic mass is 32.2. The van der Waals surface area contributed by atoms with Crippen molar-refractivity contribution in [3.8, 4) is 5.75 Å². The van der Waals surface area contributed by atoms with Crippen LogP contribution in [-0.2, 0) is 0 Å². The van der Waals surface area contributed by atoms with E-state index in [4.69, 9.17) is 0 Å². The summed E-state index contributed by atoms with van der Waals surface area (Å²) in [5.41, 5.74) is 0.986. The largest absolute Gasteiger partial charge is 0.508 e. The molecule has 0 aliphatic rings. The number of phenolic OH excluding ortho intramolecular Hbond substituents is 1. The number of rotatable bonds is 5. The summed E-state index contributed by atoms with van der Waals surface area (Å²) in [6, 6.07) is 5.36. The van der Waals surface area contributed by atoms with E-state index in [0.29, 0.717) is 5.75 Å². The maximum absolute atomic E-state index is 9.41. The van der Waals surface area contributed by atoms with Gasteiger partial charge >= 0.3 is 0 Å². The Balaban J connectivity index is 2.09. The van der Waals surface area contributed by atoms with Gasteiger partial charge in [-0.2, -0.15) is 0 Å². The maximum atomic E-state index is 9.41. The molecule has 0 radical (unpaired) electrons. The van der Waals surface area contributed by atoms with Crippen molar-refractivity contribution >= 4 is 33.3 Å². The second kappa shape index (κ2) is 5.74. The van der Waals surface area contributed by atoms with Crippen LogP contribution in [0.15, 0.2) is 22.5 Å². The highest BCUT2D eigenvalue weighted by Crippen LogP contribution is 2.33. The number of hydrogen-bond acceptors (Lipinski definition) is 4. The minimum Gasteiger partial charge on any atom is -0.508 e. The molecule has 0 unspecified atom stereocenters. The van der Waals surface area contributed by atoms with Crippen molar-refractivity contribution in [3.05, 3.63) is 18.2 Å². The predicted molar refractivity (Wildman–Crippen MR) is 76.1 cm³/mol. The van der Waals surface area contributed by atoms with Crippen molar-refractivity contribution in [1.29, 1.82) is 0 Å². The van der Waals surface area contributed by atoms with Crippen LogP contribution in [0.1, 0.15) is 26.7 Å². The average Bonchev–Trinajstić information content (AvgIpc) is 2.72. The minimum absolute atomic E-state index is 0.317. The molecule has 0 saturated heterocycles. The summed E-state index contributed by atoms with van der Waals surface area (Å²) in [7, 11) is 0. The van der Waals surface area contributed by atoms with E-state index in [1.54, 1.807) is 23.5 Å². The summed E-state index contributed by atoms with van der Waals surface area (Å²) in [5, 5.41) is 9.41. The summed E-state index contributed by atoms with van der Waals surface area (Å²) in [5.74, 6) is 2.23. The van der Waals surface area contributed by atoms with E-state index in [1.165, 1.54) is 12.8 Å². The summed E-state index contributed by atoms with van der Waals surface area (Å²) in [6.45, 7) is 4.48. The van der Waals surface area contributed by atoms with Crippen LogP contribution in [0.3, 0.4) is 0 Å². The quantitative estimate of drug-likeness (QED) is 0.808. The first-order valence-corrected chi connectivity index (χ1v) is 7.75. The molecule has 4 heteroatoms. The van der Waals surface area contributed by atoms with Crippen molar-refractivity contribution in [2.24, 2.45) is 5.92 Å². The third kappa shape index (κ3) is 3.13. The Hall–Kier alpha value is -0.740. The van der Waals surface area contributed by atoms with Crippen LogP contribution in [0.4, 0.5) is 0 Å². The molecule has 0 spiro atoms. The van der Waals surface area contributed by atoms with Gasteiger partial charge in [-0.1, -0.05) is 38.5 Å². The number of benzene rings is 1. The van der Waals surface area contributed by atoms with Gasteiger partial charge in [0.05, 0.1) is 10.2 Å². The molecule has 0 saturated carbocycles. The van der Waals surface area contributed by atoms with E-state index < -0.39 is 0 Å². The molecule has 0 aliphatic carbocycles. The number of aromatic nitrogens is 1. The van der Waals surface area contributed by atoms with Gasteiger partial charge in [-0.15, -0.1) is 11.3 Å². The molecule has 1 aromatic heterocycles. The van der Waals surface area contributed by atoms with Gasteiger partial charge in [-0.05, 0) is 24.1 Å². The van der Waals surface area contributed by atoms with Crippen LogP contribution >= 0.6 is 23.1 Å². The average molecular weight is 267 g/mol. The highest BCUT2D eigenvalue weighted by Gasteiger charge is 2.08. The summed E-state index contributed by atoms with van der Waals surface area (Å²) in [4.78, 5) is 4.56. The molecule has 2 rings (SSSR count). The summed E-state index contributed by atoms with van der Waals surface area (Å²) < 4.78 is 2.18. The summed E-state index contributed by atoms with van der Waals surface area (Å²) >= 11 is 3.50. The third-order valence-corrected chi connectivity index (χ3v) is 5.34. The van der Waals surface area contributed by atoms with Gasteiger partial charge in [0.15, 0.2) is 4.34 Å². The van der Waals surface area contributed by atoms with Crippen LogP contribution in [0.25, 0.3) is 10.2 Å². The van der Waals surface area contributed by atoms with Crippen molar-refractivity contribution in [2.45, 2.75) is 31.0 Å². The number of hydrogen-bond donors (Lipinski definition) is 1. The Kier molecular flexibility index (Phi) is 4.29. The Morgan fingerprint density at radius 1 is 1.35 bits per heavy atom. The van der Waals surface area contributed by atoms with Crippen molar-refractivity contribution in [1.82, 2.24) is 4.98 Å². The first-order valence-electron chi connectivity index (χ1n) is 5.95. The molecular weight excluding hydrogens is 250 g/mol. The van der Waals surface area contributed by atoms with Crippen LogP contribution in [-0.4, -0.2) is 15.8 Å². The van der Waals surface area contributed by atoms with Gasteiger partial charge in [-0.3, -0.25) is 0 Å². The Bertz CT molecular complexity index is 491. The zero-order chi connectivity index (χ0) is 12.3. The number of thiazole rings is 1. The van der Waals surface area contributed by atoms with Crippen molar-refractivity contribution in [3.63, 3.8) is 0 Å². The fraction of sp³-hybridized carbons (Fsp3) is 0.462. The van der Waals surface area contributed by atoms with Crippen molar-refractivity contribution < 1.29 is 5.11 Å². The van der Waals surface area contributed by atoms with Gasteiger partial charge in [0.2, 0.25) is 0 Å². The van der Waals surface area contributed by atoms with Gasteiger partial charge in [0.1, 0.15) is 5.75 Å². The SMILES string of the molecule is CCC(CC)CSc1nc2ccc(O)cc2s1. The normalized spacial score (nSPS) is 11.5. The fourth-order valence-corrected chi connectivity index (χ4v) is 4.12. The number of thioether (sulfide) groups is 1. The van der Waals surface area contributed by atoms with E-state index in [-0.39, 0.29) is 0 Å². The molecule has 0 bridgehead atoms. The maximum Gasteiger partial charge on any atom is 0.151 e. The van der Waals surface area contributed by atoms with Gasteiger partial charge in [0, 0.05) is 5.75 Å². The lowest BCUT2D eigenvalue weighted by Crippen LogP contribution is -1.99. The molecular formula is C13H17NOS2. The van der Waals surface area contributed by atoms with E-state index in [9.17, 15) is 5.11 Å². The molecule has 0 atom stereocenters. The van der Waals surface area contributed by atoms with E-state index in [2.05, 4.69) is 18.8 Å². The van der Waals surface area contributed by atoms with Crippen LogP contribution in [0, 0.1) is 5.92 Å². The zero-order valence-electron chi connectivity index (χ0n) is 10.1. The van der Waals surface area contributed by atoms with Gasteiger partial charge in [0.25, 0.3) is 0 Å². The van der Waals surface area contributed by atoms with Crippen LogP contribution in [0.5, 0.6) is 5.75 Å². The molecule has 0 amide bonds. The molecule has 1 heterocycles. The lowest BCUT2D eigenvalue weighted by atomic mass is 10.1. The molecule has 2 nitrogen and oxygen atoms in total. The molecule has 0 aliphatic heterocycles. The zero-order valence-corrected chi connectivity index (χ0v) is 11.8. The van der Waals surface area contributed by atoms with Gasteiger partial charge < -0.3 is 5.11 Å². The number of phenols is 1. The number of aromatic hydroxyl groups is 1. The van der Waals surface area contributed by atoms with Crippen molar-refractivity contribution in [2.75, 3.05) is 5.75 Å². The lowest BCUT2D eigenvalue weighted by molar-refractivity contribution is 0.476. The smallest absolute Gasteiger partial charge is 0.151 e. The monoisotopic (exact) mass is 267 g/mol. The fourth-order valence-electron chi connectivity index (χ4n) is 1.67. The molecule has 92 valence electrons. The molecule has 1 aromatic carbocycles. The van der Waals surface area contributed by atoms with E-state index in [0.717, 1.165) is 26.2 Å². The van der Waals surface area contributed by atoms with Crippen LogP contribution in [0.2, 0.25) is 0 Å². The predicted octanol–water partition coefficient (Wildman–Crippen LogP) is 4.53. The first-order chi connectivity index (χ1) is 8.22. The van der Waals surface area contributed by atoms with E-state index in [1.807, 2.05) is 17.8 Å². The Morgan fingerprint density at radius 3 is 2.82 bits per heavy atom. The molecule has 0 fully saturated rings. The Morgan fingerprint density at radius 2 is 2.12 bits per heavy atom. The second-order valence-electron chi connectivity index (χ2n) is 4.13. The minimum atomic E-state index is 0.317. The standard InChI is InChI=1S/C13H17NOS2/c1-3-9(4-2)8-16-13-14-11-6-5-10(15)7-12(11)17-13/h5-7,9,15H,3-4,8H2,1-2H3. The Labute approximate surface area is 110 Å². The lowest BCUT2D eigenvalue weighted by Gasteiger charge is -2.09. The van der Waals surface area contributed by atoms with Crippen LogP contribution < -0.4 is 0 Å². The third-order valence-electron chi connectivity index (χ3n) is 2.95. The summed E-state index contributed by atoms with van der Waals surface area (Å²) in [6.07, 6.45) is 2.46. The highest BCUT2D eigenvalue weighted by molar-refractivity contribution is 8.01. The first kappa shape index (κ1) is 12.7. The number of nitrogens with zero attached hydrogens (tertiary/aromatic N) is 1. The number of fused-ring (bicyclic) bond motifs is 1. The second-order valence-corrected chi connectivity index (χ2v) is 6.42. The van der Waals surface area contributed by atoms with E-state index >= 15 is 0 Å². The topological polar surface area (TPSA) is 33.1 Å².